The summed E-state index contributed by atoms with van der Waals surface area (Å²) in [6.45, 7) is 4.14. The fourth-order valence-electron chi connectivity index (χ4n) is 4.31. The third-order valence-corrected chi connectivity index (χ3v) is 11.8. The Morgan fingerprint density at radius 3 is 1.89 bits per heavy atom. The second-order valence-corrected chi connectivity index (χ2v) is 13.4. The monoisotopic (exact) mass is 665 g/mol. The first-order valence-electron chi connectivity index (χ1n) is 10.4. The van der Waals surface area contributed by atoms with Gasteiger partial charge in [0.1, 0.15) is 3.26 Å². The van der Waals surface area contributed by atoms with Crippen molar-refractivity contribution in [1.29, 1.82) is 0 Å². The summed E-state index contributed by atoms with van der Waals surface area (Å²) >= 11 is 1.70. The predicted octanol–water partition coefficient (Wildman–Crippen LogP) is 6.17. The SMILES string of the molecule is Cc1cc(C(F)(C(F)(F)F)C(F)(F)F)ccc1N1C(=O)c2cccc(C(C)(C)C(I)S(C)(=O)=O)c2C1=O. The molecule has 37 heavy (non-hydrogen) atoms. The second-order valence-electron chi connectivity index (χ2n) is 9.20. The lowest BCUT2D eigenvalue weighted by molar-refractivity contribution is -0.348. The Morgan fingerprint density at radius 1 is 0.892 bits per heavy atom. The molecule has 3 rings (SSSR count). The van der Waals surface area contributed by atoms with Crippen LogP contribution in [0.25, 0.3) is 0 Å². The number of carbonyl (C=O) groups excluding carboxylic acids is 2. The fraction of sp³-hybridized carbons (Fsp3) is 0.391. The molecular formula is C23H19F7INO4S. The number of hydrogen-bond acceptors (Lipinski definition) is 4. The number of anilines is 1. The van der Waals surface area contributed by atoms with Gasteiger partial charge in [-0.2, -0.15) is 26.3 Å². The van der Waals surface area contributed by atoms with E-state index in [1.165, 1.54) is 18.2 Å². The van der Waals surface area contributed by atoms with Crippen molar-refractivity contribution in [2.45, 2.75) is 47.5 Å². The number of carbonyl (C=O) groups is 2. The molecule has 0 saturated carbocycles. The molecule has 1 heterocycles. The van der Waals surface area contributed by atoms with Crippen LogP contribution in [0.3, 0.4) is 0 Å². The summed E-state index contributed by atoms with van der Waals surface area (Å²) in [4.78, 5) is 27.1. The Kier molecular flexibility index (Phi) is 7.07. The zero-order chi connectivity index (χ0) is 28.5. The molecule has 2 amide bonds. The van der Waals surface area contributed by atoms with Gasteiger partial charge >= 0.3 is 18.0 Å². The van der Waals surface area contributed by atoms with E-state index in [-0.39, 0.29) is 34.5 Å². The number of sulfone groups is 1. The third kappa shape index (κ3) is 4.53. The van der Waals surface area contributed by atoms with Gasteiger partial charge in [0.2, 0.25) is 0 Å². The molecular weight excluding hydrogens is 646 g/mol. The number of halogens is 8. The topological polar surface area (TPSA) is 71.5 Å². The Morgan fingerprint density at radius 2 is 1.43 bits per heavy atom. The molecule has 0 fully saturated rings. The molecule has 0 saturated heterocycles. The van der Waals surface area contributed by atoms with Gasteiger partial charge in [-0.3, -0.25) is 9.59 Å². The van der Waals surface area contributed by atoms with E-state index in [0.717, 1.165) is 13.2 Å². The number of rotatable bonds is 5. The molecule has 1 aliphatic heterocycles. The second kappa shape index (κ2) is 8.92. The molecule has 0 bridgehead atoms. The standard InChI is InChI=1S/C23H19F7INO4S/c1-11-10-12(21(24,22(25,26)27)23(28,29)30)8-9-15(11)32-17(33)13-6-5-7-14(16(13)18(32)34)20(2,3)19(31)37(4,35)36/h5-10,19H,1-4H3. The fourth-order valence-corrected chi connectivity index (χ4v) is 5.84. The van der Waals surface area contributed by atoms with E-state index in [0.29, 0.717) is 11.0 Å². The molecule has 0 aromatic heterocycles. The number of imide groups is 1. The van der Waals surface area contributed by atoms with Gasteiger partial charge in [-0.15, -0.1) is 0 Å². The van der Waals surface area contributed by atoms with E-state index in [1.54, 1.807) is 36.4 Å². The van der Waals surface area contributed by atoms with Crippen molar-refractivity contribution in [2.75, 3.05) is 11.2 Å². The van der Waals surface area contributed by atoms with Crippen LogP contribution in [-0.4, -0.2) is 42.1 Å². The number of nitrogens with zero attached hydrogens (tertiary/aromatic N) is 1. The van der Waals surface area contributed by atoms with Crippen LogP contribution < -0.4 is 4.90 Å². The number of amides is 2. The smallest absolute Gasteiger partial charge is 0.268 e. The van der Waals surface area contributed by atoms with Crippen LogP contribution in [0.4, 0.5) is 36.4 Å². The minimum Gasteiger partial charge on any atom is -0.268 e. The summed E-state index contributed by atoms with van der Waals surface area (Å²) in [6.07, 6.45) is -11.7. The number of hydrogen-bond donors (Lipinski definition) is 0. The van der Waals surface area contributed by atoms with Gasteiger partial charge in [0.05, 0.1) is 16.8 Å². The van der Waals surface area contributed by atoms with Crippen molar-refractivity contribution in [3.05, 3.63) is 64.2 Å². The van der Waals surface area contributed by atoms with Crippen molar-refractivity contribution < 1.29 is 48.7 Å². The van der Waals surface area contributed by atoms with E-state index >= 15 is 0 Å². The Balaban J connectivity index is 2.15. The van der Waals surface area contributed by atoms with Crippen LogP contribution >= 0.6 is 22.6 Å². The van der Waals surface area contributed by atoms with E-state index in [4.69, 9.17) is 0 Å². The van der Waals surface area contributed by atoms with Crippen LogP contribution in [0.15, 0.2) is 36.4 Å². The molecule has 0 aliphatic carbocycles. The highest BCUT2D eigenvalue weighted by Crippen LogP contribution is 2.53. The normalized spacial score (nSPS) is 16.3. The van der Waals surface area contributed by atoms with Gasteiger partial charge in [0.25, 0.3) is 11.8 Å². The Labute approximate surface area is 221 Å². The zero-order valence-electron chi connectivity index (χ0n) is 19.6. The molecule has 1 aliphatic rings. The predicted molar refractivity (Wildman–Crippen MR) is 129 cm³/mol. The zero-order valence-corrected chi connectivity index (χ0v) is 22.5. The van der Waals surface area contributed by atoms with Crippen LogP contribution in [0.1, 0.15) is 51.3 Å². The molecule has 2 aromatic rings. The first-order valence-corrected chi connectivity index (χ1v) is 13.6. The van der Waals surface area contributed by atoms with Gasteiger partial charge in [-0.05, 0) is 30.2 Å². The average Bonchev–Trinajstić information content (AvgIpc) is 3.00. The Bertz CT molecular complexity index is 1390. The van der Waals surface area contributed by atoms with E-state index < -0.39 is 59.5 Å². The molecule has 5 nitrogen and oxygen atoms in total. The number of fused-ring (bicyclic) bond motifs is 1. The van der Waals surface area contributed by atoms with Crippen molar-refractivity contribution >= 4 is 49.9 Å². The first kappa shape index (κ1) is 29.3. The average molecular weight is 665 g/mol. The lowest BCUT2D eigenvalue weighted by Crippen LogP contribution is -2.50. The third-order valence-electron chi connectivity index (χ3n) is 6.17. The summed E-state index contributed by atoms with van der Waals surface area (Å²) in [5.41, 5.74) is -9.42. The molecule has 14 heteroatoms. The largest absolute Gasteiger partial charge is 0.435 e. The van der Waals surface area contributed by atoms with Gasteiger partial charge in [0.15, 0.2) is 9.84 Å². The molecule has 1 atom stereocenters. The summed E-state index contributed by atoms with van der Waals surface area (Å²) in [5, 5.41) is 0. The lowest BCUT2D eigenvalue weighted by atomic mass is 9.82. The molecule has 1 unspecified atom stereocenters. The number of benzene rings is 2. The van der Waals surface area contributed by atoms with Crippen molar-refractivity contribution in [3.8, 4) is 0 Å². The molecule has 0 spiro atoms. The lowest BCUT2D eigenvalue weighted by Gasteiger charge is -2.31. The maximum atomic E-state index is 14.5. The van der Waals surface area contributed by atoms with Crippen molar-refractivity contribution in [3.63, 3.8) is 0 Å². The molecule has 0 radical (unpaired) electrons. The van der Waals surface area contributed by atoms with Gasteiger partial charge in [-0.1, -0.05) is 60.7 Å². The first-order chi connectivity index (χ1) is 16.6. The molecule has 0 N–H and O–H groups in total. The summed E-state index contributed by atoms with van der Waals surface area (Å²) in [7, 11) is -3.61. The summed E-state index contributed by atoms with van der Waals surface area (Å²) in [5.74, 6) is -1.87. The van der Waals surface area contributed by atoms with Gasteiger partial charge < -0.3 is 0 Å². The highest BCUT2D eigenvalue weighted by molar-refractivity contribution is 14.1. The van der Waals surface area contributed by atoms with E-state index in [9.17, 15) is 48.7 Å². The number of aryl methyl sites for hydroxylation is 1. The maximum Gasteiger partial charge on any atom is 0.435 e. The molecule has 202 valence electrons. The van der Waals surface area contributed by atoms with E-state index in [2.05, 4.69) is 0 Å². The van der Waals surface area contributed by atoms with Crippen molar-refractivity contribution in [1.82, 2.24) is 0 Å². The van der Waals surface area contributed by atoms with Crippen molar-refractivity contribution in [2.24, 2.45) is 0 Å². The summed E-state index contributed by atoms with van der Waals surface area (Å²) < 4.78 is 117. The Hall–Kier alpha value is -2.23. The number of alkyl halides is 8. The highest BCUT2D eigenvalue weighted by Gasteiger charge is 2.73. The van der Waals surface area contributed by atoms with Crippen LogP contribution in [-0.2, 0) is 20.9 Å². The highest BCUT2D eigenvalue weighted by atomic mass is 127. The quantitative estimate of drug-likeness (QED) is 0.166. The minimum absolute atomic E-state index is 0.124. The minimum atomic E-state index is -6.33. The van der Waals surface area contributed by atoms with Crippen LogP contribution in [0.5, 0.6) is 0 Å². The van der Waals surface area contributed by atoms with Gasteiger partial charge in [-0.25, -0.2) is 17.7 Å². The van der Waals surface area contributed by atoms with Crippen LogP contribution in [0, 0.1) is 6.92 Å². The van der Waals surface area contributed by atoms with E-state index in [1.807, 2.05) is 0 Å². The summed E-state index contributed by atoms with van der Waals surface area (Å²) in [6, 6.07) is 5.33. The van der Waals surface area contributed by atoms with Gasteiger partial charge in [0, 0.05) is 17.2 Å². The maximum absolute atomic E-state index is 14.5. The molecule has 2 aromatic carbocycles. The van der Waals surface area contributed by atoms with Crippen LogP contribution in [0.2, 0.25) is 0 Å².